The molecular weight excluding hydrogens is 341 g/mol. The maximum atomic E-state index is 13.0. The van der Waals surface area contributed by atoms with E-state index in [2.05, 4.69) is 40.2 Å². The lowest BCUT2D eigenvalue weighted by molar-refractivity contribution is -0.120. The van der Waals surface area contributed by atoms with Crippen molar-refractivity contribution < 1.29 is 9.18 Å². The average Bonchev–Trinajstić information content (AvgIpc) is 2.70. The highest BCUT2D eigenvalue weighted by atomic mass is 19.1. The van der Waals surface area contributed by atoms with Crippen molar-refractivity contribution in [2.45, 2.75) is 26.4 Å². The minimum atomic E-state index is -0.284. The van der Waals surface area contributed by atoms with Crippen molar-refractivity contribution in [1.29, 1.82) is 0 Å². The molecule has 1 aliphatic heterocycles. The molecule has 1 fully saturated rings. The second-order valence-corrected chi connectivity index (χ2v) is 7.06. The summed E-state index contributed by atoms with van der Waals surface area (Å²) in [5.41, 5.74) is 3.24. The predicted octanol–water partition coefficient (Wildman–Crippen LogP) is 2.82. The van der Waals surface area contributed by atoms with Crippen LogP contribution in [0.3, 0.4) is 0 Å². The van der Waals surface area contributed by atoms with Gasteiger partial charge in [0.05, 0.1) is 6.42 Å². The third-order valence-corrected chi connectivity index (χ3v) is 5.18. The summed E-state index contributed by atoms with van der Waals surface area (Å²) in [5, 5.41) is 3.00. The second kappa shape index (κ2) is 9.62. The number of benzene rings is 2. The van der Waals surface area contributed by atoms with E-state index in [1.807, 2.05) is 6.07 Å². The topological polar surface area (TPSA) is 35.6 Å². The zero-order valence-electron chi connectivity index (χ0n) is 16.0. The van der Waals surface area contributed by atoms with Gasteiger partial charge in [-0.05, 0) is 35.4 Å². The standard InChI is InChI=1S/C22H28FN3O/c1-2-25-11-13-26(14-12-25)17-20-6-4-3-5-19(20)16-24-22(27)15-18-7-9-21(23)10-8-18/h3-10H,2,11-17H2,1H3,(H,24,27). The van der Waals surface area contributed by atoms with Crippen LogP contribution in [-0.2, 0) is 24.3 Å². The Morgan fingerprint density at radius 1 is 0.963 bits per heavy atom. The Hall–Kier alpha value is -2.24. The fourth-order valence-electron chi connectivity index (χ4n) is 3.43. The Bertz CT molecular complexity index is 739. The largest absolute Gasteiger partial charge is 0.352 e. The summed E-state index contributed by atoms with van der Waals surface area (Å²) >= 11 is 0. The van der Waals surface area contributed by atoms with Crippen molar-refractivity contribution in [2.75, 3.05) is 32.7 Å². The van der Waals surface area contributed by atoms with Gasteiger partial charge >= 0.3 is 0 Å². The van der Waals surface area contributed by atoms with Crippen LogP contribution in [0.25, 0.3) is 0 Å². The van der Waals surface area contributed by atoms with E-state index in [9.17, 15) is 9.18 Å². The van der Waals surface area contributed by atoms with Crippen LogP contribution in [-0.4, -0.2) is 48.4 Å². The molecule has 3 rings (SSSR count). The van der Waals surface area contributed by atoms with E-state index >= 15 is 0 Å². The fourth-order valence-corrected chi connectivity index (χ4v) is 3.43. The molecule has 0 unspecified atom stereocenters. The first-order chi connectivity index (χ1) is 13.1. The first-order valence-corrected chi connectivity index (χ1v) is 9.66. The molecular formula is C22H28FN3O. The molecule has 1 saturated heterocycles. The van der Waals surface area contributed by atoms with Gasteiger partial charge in [-0.1, -0.05) is 43.3 Å². The van der Waals surface area contributed by atoms with Crippen LogP contribution < -0.4 is 5.32 Å². The van der Waals surface area contributed by atoms with Gasteiger partial charge in [0.1, 0.15) is 5.82 Å². The van der Waals surface area contributed by atoms with Gasteiger partial charge in [0.25, 0.3) is 0 Å². The van der Waals surface area contributed by atoms with Crippen molar-refractivity contribution >= 4 is 5.91 Å². The van der Waals surface area contributed by atoms with E-state index in [4.69, 9.17) is 0 Å². The molecule has 1 amide bonds. The lowest BCUT2D eigenvalue weighted by atomic mass is 10.1. The van der Waals surface area contributed by atoms with Crippen LogP contribution in [0.15, 0.2) is 48.5 Å². The van der Waals surface area contributed by atoms with Crippen LogP contribution in [0.5, 0.6) is 0 Å². The molecule has 0 saturated carbocycles. The lowest BCUT2D eigenvalue weighted by Crippen LogP contribution is -2.45. The van der Waals surface area contributed by atoms with Crippen molar-refractivity contribution in [3.8, 4) is 0 Å². The number of piperazine rings is 1. The Kier molecular flexibility index (Phi) is 6.96. The molecule has 1 heterocycles. The number of likely N-dealkylation sites (N-methyl/N-ethyl adjacent to an activating group) is 1. The molecule has 2 aromatic carbocycles. The summed E-state index contributed by atoms with van der Waals surface area (Å²) in [6.45, 7) is 9.16. The van der Waals surface area contributed by atoms with Crippen molar-refractivity contribution in [1.82, 2.24) is 15.1 Å². The van der Waals surface area contributed by atoms with Gasteiger partial charge in [0.2, 0.25) is 5.91 Å². The third kappa shape index (κ3) is 5.88. The fraction of sp³-hybridized carbons (Fsp3) is 0.409. The van der Waals surface area contributed by atoms with Crippen LogP contribution in [0, 0.1) is 5.82 Å². The number of carbonyl (C=O) groups excluding carboxylic acids is 1. The molecule has 0 radical (unpaired) electrons. The van der Waals surface area contributed by atoms with E-state index in [1.54, 1.807) is 12.1 Å². The first kappa shape index (κ1) is 19.5. The van der Waals surface area contributed by atoms with Crippen molar-refractivity contribution in [3.63, 3.8) is 0 Å². The number of hydrogen-bond acceptors (Lipinski definition) is 3. The molecule has 144 valence electrons. The van der Waals surface area contributed by atoms with Gasteiger partial charge in [-0.25, -0.2) is 4.39 Å². The van der Waals surface area contributed by atoms with Gasteiger partial charge < -0.3 is 10.2 Å². The predicted molar refractivity (Wildman–Crippen MR) is 106 cm³/mol. The number of amides is 1. The summed E-state index contributed by atoms with van der Waals surface area (Å²) in [7, 11) is 0. The zero-order valence-corrected chi connectivity index (χ0v) is 16.0. The van der Waals surface area contributed by atoms with Crippen LogP contribution in [0.2, 0.25) is 0 Å². The van der Waals surface area contributed by atoms with Gasteiger partial charge in [0, 0.05) is 39.3 Å². The monoisotopic (exact) mass is 369 g/mol. The molecule has 27 heavy (non-hydrogen) atoms. The number of hydrogen-bond donors (Lipinski definition) is 1. The smallest absolute Gasteiger partial charge is 0.224 e. The van der Waals surface area contributed by atoms with Gasteiger partial charge in [-0.15, -0.1) is 0 Å². The van der Waals surface area contributed by atoms with Gasteiger partial charge in [-0.2, -0.15) is 0 Å². The van der Waals surface area contributed by atoms with E-state index in [-0.39, 0.29) is 18.1 Å². The maximum Gasteiger partial charge on any atom is 0.224 e. The summed E-state index contributed by atoms with van der Waals surface area (Å²) in [5.74, 6) is -0.333. The minimum absolute atomic E-state index is 0.0482. The van der Waals surface area contributed by atoms with E-state index < -0.39 is 0 Å². The van der Waals surface area contributed by atoms with Crippen LogP contribution >= 0.6 is 0 Å². The number of carbonyl (C=O) groups is 1. The molecule has 0 spiro atoms. The molecule has 0 bridgehead atoms. The first-order valence-electron chi connectivity index (χ1n) is 9.66. The zero-order chi connectivity index (χ0) is 19.1. The molecule has 1 aliphatic rings. The van der Waals surface area contributed by atoms with Crippen LogP contribution in [0.1, 0.15) is 23.6 Å². The Labute approximate surface area is 161 Å². The van der Waals surface area contributed by atoms with E-state index in [1.165, 1.54) is 17.7 Å². The summed E-state index contributed by atoms with van der Waals surface area (Å²) in [4.78, 5) is 17.2. The summed E-state index contributed by atoms with van der Waals surface area (Å²) in [6.07, 6.45) is 0.265. The lowest BCUT2D eigenvalue weighted by Gasteiger charge is -2.34. The molecule has 4 nitrogen and oxygen atoms in total. The number of nitrogens with one attached hydrogen (secondary N) is 1. The molecule has 0 aliphatic carbocycles. The minimum Gasteiger partial charge on any atom is -0.352 e. The maximum absolute atomic E-state index is 13.0. The molecule has 5 heteroatoms. The Morgan fingerprint density at radius 3 is 2.26 bits per heavy atom. The third-order valence-electron chi connectivity index (χ3n) is 5.18. The van der Waals surface area contributed by atoms with Crippen LogP contribution in [0.4, 0.5) is 4.39 Å². The number of halogens is 1. The van der Waals surface area contributed by atoms with Crippen molar-refractivity contribution in [3.05, 3.63) is 71.0 Å². The Morgan fingerprint density at radius 2 is 1.59 bits per heavy atom. The highest BCUT2D eigenvalue weighted by Crippen LogP contribution is 2.14. The highest BCUT2D eigenvalue weighted by Gasteiger charge is 2.16. The highest BCUT2D eigenvalue weighted by molar-refractivity contribution is 5.78. The van der Waals surface area contributed by atoms with Gasteiger partial charge in [-0.3, -0.25) is 9.69 Å². The molecule has 0 aromatic heterocycles. The van der Waals surface area contributed by atoms with Gasteiger partial charge in [0.15, 0.2) is 0 Å². The molecule has 2 aromatic rings. The average molecular weight is 369 g/mol. The Balaban J connectivity index is 1.53. The normalized spacial score (nSPS) is 15.6. The molecule has 0 atom stereocenters. The summed E-state index contributed by atoms with van der Waals surface area (Å²) in [6, 6.07) is 14.4. The van der Waals surface area contributed by atoms with E-state index in [0.717, 1.165) is 50.4 Å². The van der Waals surface area contributed by atoms with E-state index in [0.29, 0.717) is 6.54 Å². The number of rotatable bonds is 7. The van der Waals surface area contributed by atoms with Crippen molar-refractivity contribution in [2.24, 2.45) is 0 Å². The SMILES string of the molecule is CCN1CCN(Cc2ccccc2CNC(=O)Cc2ccc(F)cc2)CC1. The molecule has 1 N–H and O–H groups in total. The number of nitrogens with zero attached hydrogens (tertiary/aromatic N) is 2. The second-order valence-electron chi connectivity index (χ2n) is 7.06. The summed E-state index contributed by atoms with van der Waals surface area (Å²) < 4.78 is 13.0. The quantitative estimate of drug-likeness (QED) is 0.815.